The van der Waals surface area contributed by atoms with Gasteiger partial charge in [0.25, 0.3) is 0 Å². The predicted molar refractivity (Wildman–Crippen MR) is 76.4 cm³/mol. The first-order valence-electron chi connectivity index (χ1n) is 7.26. The smallest absolute Gasteiger partial charge is 0.433 e. The van der Waals surface area contributed by atoms with Gasteiger partial charge in [-0.3, -0.25) is 9.59 Å². The Hall–Kier alpha value is -2.43. The molecular formula is C14H16F3N3O5. The second-order valence-electron chi connectivity index (χ2n) is 5.27. The molecule has 138 valence electrons. The van der Waals surface area contributed by atoms with Gasteiger partial charge in [0.15, 0.2) is 12.2 Å². The molecule has 1 aromatic rings. The predicted octanol–water partition coefficient (Wildman–Crippen LogP) is 1.17. The zero-order chi connectivity index (χ0) is 18.6. The van der Waals surface area contributed by atoms with Crippen LogP contribution in [0.15, 0.2) is 12.3 Å². The highest BCUT2D eigenvalue weighted by molar-refractivity contribution is 5.67. The van der Waals surface area contributed by atoms with E-state index >= 15 is 0 Å². The minimum absolute atomic E-state index is 0.00465. The Labute approximate surface area is 140 Å². The van der Waals surface area contributed by atoms with Crippen molar-refractivity contribution in [2.75, 3.05) is 18.5 Å². The third-order valence-corrected chi connectivity index (χ3v) is 3.22. The van der Waals surface area contributed by atoms with Gasteiger partial charge in [-0.2, -0.15) is 13.2 Å². The van der Waals surface area contributed by atoms with Crippen molar-refractivity contribution >= 4 is 17.9 Å². The van der Waals surface area contributed by atoms with Gasteiger partial charge in [-0.05, 0) is 6.07 Å². The number of carbonyl (C=O) groups is 2. The van der Waals surface area contributed by atoms with Crippen LogP contribution in [0, 0.1) is 0 Å². The Balaban J connectivity index is 2.20. The van der Waals surface area contributed by atoms with E-state index in [-0.39, 0.29) is 19.2 Å². The van der Waals surface area contributed by atoms with Gasteiger partial charge < -0.3 is 19.5 Å². The monoisotopic (exact) mass is 363 g/mol. The molecule has 1 saturated heterocycles. The molecule has 0 aliphatic carbocycles. The maximum atomic E-state index is 12.7. The minimum Gasteiger partial charge on any atom is -0.456 e. The molecule has 1 aromatic heterocycles. The lowest BCUT2D eigenvalue weighted by Gasteiger charge is -2.36. The van der Waals surface area contributed by atoms with E-state index in [1.54, 1.807) is 0 Å². The SMILES string of the molecule is CC(=O)O[C@@H]1[C@@H](Nc2nccc(C(F)(F)F)n2)COC[C@@H]1OC(C)=O. The average Bonchev–Trinajstić information content (AvgIpc) is 2.49. The summed E-state index contributed by atoms with van der Waals surface area (Å²) in [6, 6.07) is -0.0706. The van der Waals surface area contributed by atoms with Crippen molar-refractivity contribution in [2.45, 2.75) is 38.3 Å². The van der Waals surface area contributed by atoms with E-state index in [1.165, 1.54) is 6.92 Å². The number of nitrogens with one attached hydrogen (secondary N) is 1. The van der Waals surface area contributed by atoms with Crippen LogP contribution in [-0.4, -0.2) is 53.4 Å². The van der Waals surface area contributed by atoms with E-state index in [9.17, 15) is 22.8 Å². The van der Waals surface area contributed by atoms with Crippen LogP contribution in [0.2, 0.25) is 0 Å². The lowest BCUT2D eigenvalue weighted by atomic mass is 10.0. The molecule has 8 nitrogen and oxygen atoms in total. The van der Waals surface area contributed by atoms with E-state index in [0.717, 1.165) is 19.2 Å². The summed E-state index contributed by atoms with van der Waals surface area (Å²) in [5.41, 5.74) is -1.12. The second-order valence-corrected chi connectivity index (χ2v) is 5.27. The van der Waals surface area contributed by atoms with Crippen LogP contribution in [0.5, 0.6) is 0 Å². The van der Waals surface area contributed by atoms with Crippen molar-refractivity contribution in [3.8, 4) is 0 Å². The van der Waals surface area contributed by atoms with Gasteiger partial charge in [-0.1, -0.05) is 0 Å². The number of halogens is 3. The topological polar surface area (TPSA) is 99.6 Å². The molecule has 1 aliphatic heterocycles. The fourth-order valence-corrected chi connectivity index (χ4v) is 2.30. The van der Waals surface area contributed by atoms with Gasteiger partial charge in [0.05, 0.1) is 19.3 Å². The third kappa shape index (κ3) is 5.28. The first-order chi connectivity index (χ1) is 11.7. The summed E-state index contributed by atoms with van der Waals surface area (Å²) in [5.74, 6) is -1.56. The molecule has 0 aromatic carbocycles. The van der Waals surface area contributed by atoms with Crippen LogP contribution in [0.1, 0.15) is 19.5 Å². The molecule has 3 atom stereocenters. The van der Waals surface area contributed by atoms with Gasteiger partial charge in [0.1, 0.15) is 5.69 Å². The van der Waals surface area contributed by atoms with Gasteiger partial charge in [0.2, 0.25) is 5.95 Å². The molecule has 1 fully saturated rings. The number of carbonyl (C=O) groups excluding carboxylic acids is 2. The summed E-state index contributed by atoms with van der Waals surface area (Å²) in [5, 5.41) is 2.64. The largest absolute Gasteiger partial charge is 0.456 e. The van der Waals surface area contributed by atoms with Gasteiger partial charge in [-0.15, -0.1) is 0 Å². The van der Waals surface area contributed by atoms with Crippen LogP contribution < -0.4 is 5.32 Å². The summed E-state index contributed by atoms with van der Waals surface area (Å²) in [7, 11) is 0. The summed E-state index contributed by atoms with van der Waals surface area (Å²) in [6.07, 6.45) is -5.55. The van der Waals surface area contributed by atoms with Crippen molar-refractivity contribution in [2.24, 2.45) is 0 Å². The molecule has 1 N–H and O–H groups in total. The summed E-state index contributed by atoms with van der Waals surface area (Å²) in [6.45, 7) is 2.32. The zero-order valence-electron chi connectivity index (χ0n) is 13.4. The quantitative estimate of drug-likeness (QED) is 0.796. The molecule has 2 rings (SSSR count). The van der Waals surface area contributed by atoms with E-state index in [0.29, 0.717) is 0 Å². The normalized spacial score (nSPS) is 23.6. The van der Waals surface area contributed by atoms with Crippen LogP contribution in [0.25, 0.3) is 0 Å². The number of hydrogen-bond acceptors (Lipinski definition) is 8. The van der Waals surface area contributed by atoms with Crippen molar-refractivity contribution in [3.63, 3.8) is 0 Å². The standard InChI is InChI=1S/C14H16F3N3O5/c1-7(21)24-10-6-23-5-9(12(10)25-8(2)22)19-13-18-4-3-11(20-13)14(15,16)17/h3-4,9-10,12H,5-6H2,1-2H3,(H,18,19,20)/t9-,10-,12+/m0/s1. The van der Waals surface area contributed by atoms with Gasteiger partial charge >= 0.3 is 18.1 Å². The Morgan fingerprint density at radius 3 is 2.52 bits per heavy atom. The fourth-order valence-electron chi connectivity index (χ4n) is 2.30. The number of rotatable bonds is 4. The van der Waals surface area contributed by atoms with Crippen molar-refractivity contribution in [1.29, 1.82) is 0 Å². The summed E-state index contributed by atoms with van der Waals surface area (Å²) in [4.78, 5) is 29.6. The molecule has 0 bridgehead atoms. The molecule has 0 radical (unpaired) electrons. The lowest BCUT2D eigenvalue weighted by Crippen LogP contribution is -2.54. The highest BCUT2D eigenvalue weighted by Crippen LogP contribution is 2.28. The number of aromatic nitrogens is 2. The summed E-state index contributed by atoms with van der Waals surface area (Å²) < 4.78 is 53.7. The molecule has 0 saturated carbocycles. The first kappa shape index (κ1) is 18.9. The number of nitrogens with zero attached hydrogens (tertiary/aromatic N) is 2. The highest BCUT2D eigenvalue weighted by Gasteiger charge is 2.40. The number of hydrogen-bond donors (Lipinski definition) is 1. The molecule has 1 aliphatic rings. The molecule has 0 spiro atoms. The van der Waals surface area contributed by atoms with Gasteiger partial charge in [0, 0.05) is 20.0 Å². The maximum Gasteiger partial charge on any atom is 0.433 e. The Kier molecular flexibility index (Phi) is 5.77. The molecular weight excluding hydrogens is 347 g/mol. The van der Waals surface area contributed by atoms with E-state index < -0.39 is 42.1 Å². The Bertz CT molecular complexity index is 640. The van der Waals surface area contributed by atoms with E-state index in [4.69, 9.17) is 14.2 Å². The third-order valence-electron chi connectivity index (χ3n) is 3.22. The van der Waals surface area contributed by atoms with Crippen molar-refractivity contribution in [1.82, 2.24) is 9.97 Å². The average molecular weight is 363 g/mol. The molecule has 25 heavy (non-hydrogen) atoms. The van der Waals surface area contributed by atoms with Gasteiger partial charge in [-0.25, -0.2) is 9.97 Å². The minimum atomic E-state index is -4.63. The fraction of sp³-hybridized carbons (Fsp3) is 0.571. The van der Waals surface area contributed by atoms with E-state index in [1.807, 2.05) is 0 Å². The molecule has 11 heteroatoms. The highest BCUT2D eigenvalue weighted by atomic mass is 19.4. The van der Waals surface area contributed by atoms with Crippen LogP contribution in [0.4, 0.5) is 19.1 Å². The number of ether oxygens (including phenoxy) is 3. The molecule has 2 heterocycles. The van der Waals surface area contributed by atoms with Crippen molar-refractivity contribution < 1.29 is 37.0 Å². The number of esters is 2. The Morgan fingerprint density at radius 2 is 1.92 bits per heavy atom. The van der Waals surface area contributed by atoms with Crippen molar-refractivity contribution in [3.05, 3.63) is 18.0 Å². The summed E-state index contributed by atoms with van der Waals surface area (Å²) >= 11 is 0. The molecule has 0 unspecified atom stereocenters. The zero-order valence-corrected chi connectivity index (χ0v) is 13.4. The molecule has 0 amide bonds. The van der Waals surface area contributed by atoms with Crippen LogP contribution >= 0.6 is 0 Å². The lowest BCUT2D eigenvalue weighted by molar-refractivity contribution is -0.181. The Morgan fingerprint density at radius 1 is 1.24 bits per heavy atom. The maximum absolute atomic E-state index is 12.7. The van der Waals surface area contributed by atoms with E-state index in [2.05, 4.69) is 15.3 Å². The first-order valence-corrected chi connectivity index (χ1v) is 7.26. The van der Waals surface area contributed by atoms with Crippen LogP contribution in [0.3, 0.4) is 0 Å². The number of anilines is 1. The number of alkyl halides is 3. The van der Waals surface area contributed by atoms with Crippen LogP contribution in [-0.2, 0) is 30.0 Å². The second kappa shape index (κ2) is 7.64.